The summed E-state index contributed by atoms with van der Waals surface area (Å²) in [5, 5.41) is 8.77. The Labute approximate surface area is 104 Å². The van der Waals surface area contributed by atoms with Crippen LogP contribution in [-0.4, -0.2) is 24.4 Å². The Morgan fingerprint density at radius 3 is 2.59 bits per heavy atom. The van der Waals surface area contributed by atoms with Gasteiger partial charge in [-0.25, -0.2) is 0 Å². The van der Waals surface area contributed by atoms with Gasteiger partial charge in [-0.1, -0.05) is 25.5 Å². The predicted octanol–water partition coefficient (Wildman–Crippen LogP) is 2.12. The highest BCUT2D eigenvalue weighted by Gasteiger charge is 2.00. The number of rotatable bonds is 8. The van der Waals surface area contributed by atoms with Crippen LogP contribution in [0.4, 0.5) is 0 Å². The normalized spacial score (nSPS) is 12.4. The van der Waals surface area contributed by atoms with Crippen molar-refractivity contribution in [2.24, 2.45) is 5.73 Å². The molecule has 1 rings (SSSR count). The summed E-state index contributed by atoms with van der Waals surface area (Å²) in [6.07, 6.45) is 4.25. The Morgan fingerprint density at radius 1 is 1.29 bits per heavy atom. The maximum atomic E-state index is 8.77. The van der Waals surface area contributed by atoms with E-state index >= 15 is 0 Å². The van der Waals surface area contributed by atoms with Gasteiger partial charge in [-0.3, -0.25) is 0 Å². The molecule has 1 atom stereocenters. The summed E-state index contributed by atoms with van der Waals surface area (Å²) in [5.41, 5.74) is 6.94. The van der Waals surface area contributed by atoms with Gasteiger partial charge in [0.2, 0.25) is 0 Å². The lowest BCUT2D eigenvalue weighted by atomic mass is 10.1. The summed E-state index contributed by atoms with van der Waals surface area (Å²) in [6.45, 7) is 2.76. The van der Waals surface area contributed by atoms with Gasteiger partial charge in [0.1, 0.15) is 5.75 Å². The molecular weight excluding hydrogens is 214 g/mol. The molecule has 96 valence electrons. The molecule has 0 aliphatic carbocycles. The third kappa shape index (κ3) is 5.71. The van der Waals surface area contributed by atoms with Gasteiger partial charge >= 0.3 is 0 Å². The molecule has 1 aromatic rings. The topological polar surface area (TPSA) is 55.5 Å². The first kappa shape index (κ1) is 14.0. The van der Waals surface area contributed by atoms with Gasteiger partial charge in [0.25, 0.3) is 0 Å². The molecule has 3 heteroatoms. The van der Waals surface area contributed by atoms with Crippen molar-refractivity contribution in [1.82, 2.24) is 0 Å². The molecule has 0 amide bonds. The summed E-state index contributed by atoms with van der Waals surface area (Å²) in [5.74, 6) is 0.871. The van der Waals surface area contributed by atoms with Gasteiger partial charge < -0.3 is 15.6 Å². The Morgan fingerprint density at radius 2 is 2.00 bits per heavy atom. The molecule has 0 radical (unpaired) electrons. The molecule has 0 bridgehead atoms. The fourth-order valence-corrected chi connectivity index (χ4v) is 1.55. The number of aryl methyl sites for hydroxylation is 1. The monoisotopic (exact) mass is 237 g/mol. The molecule has 0 saturated heterocycles. The van der Waals surface area contributed by atoms with E-state index in [1.807, 2.05) is 12.1 Å². The largest absolute Gasteiger partial charge is 0.494 e. The molecule has 0 spiro atoms. The number of ether oxygens (including phenoxy) is 1. The van der Waals surface area contributed by atoms with E-state index in [9.17, 15) is 0 Å². The maximum Gasteiger partial charge on any atom is 0.119 e. The molecule has 0 aliphatic heterocycles. The maximum absolute atomic E-state index is 8.77. The molecular formula is C14H23NO2. The highest BCUT2D eigenvalue weighted by Crippen LogP contribution is 2.14. The molecule has 0 aliphatic rings. The molecule has 3 nitrogen and oxygen atoms in total. The van der Waals surface area contributed by atoms with Crippen LogP contribution < -0.4 is 10.5 Å². The second-order valence-corrected chi connectivity index (χ2v) is 4.33. The fourth-order valence-electron chi connectivity index (χ4n) is 1.55. The Bertz CT molecular complexity index is 298. The minimum Gasteiger partial charge on any atom is -0.494 e. The second-order valence-electron chi connectivity index (χ2n) is 4.33. The van der Waals surface area contributed by atoms with Crippen LogP contribution in [0, 0.1) is 0 Å². The first-order valence-electron chi connectivity index (χ1n) is 6.34. The van der Waals surface area contributed by atoms with Gasteiger partial charge in [0.05, 0.1) is 13.2 Å². The average molecular weight is 237 g/mol. The van der Waals surface area contributed by atoms with Crippen molar-refractivity contribution in [2.45, 2.75) is 38.6 Å². The van der Waals surface area contributed by atoms with Crippen molar-refractivity contribution in [3.8, 4) is 5.75 Å². The zero-order chi connectivity index (χ0) is 12.5. The standard InChI is InChI=1S/C14H23NO2/c1-2-3-4-12-5-7-14(8-6-12)17-10-9-13(15)11-16/h5-8,13,16H,2-4,9-11,15H2,1H3. The van der Waals surface area contributed by atoms with Crippen molar-refractivity contribution in [2.75, 3.05) is 13.2 Å². The molecule has 0 fully saturated rings. The molecule has 0 saturated carbocycles. The van der Waals surface area contributed by atoms with E-state index < -0.39 is 0 Å². The third-order valence-electron chi connectivity index (χ3n) is 2.73. The lowest BCUT2D eigenvalue weighted by Crippen LogP contribution is -2.26. The molecule has 1 aromatic carbocycles. The number of hydrogen-bond acceptors (Lipinski definition) is 3. The van der Waals surface area contributed by atoms with Crippen LogP contribution in [0.2, 0.25) is 0 Å². The van der Waals surface area contributed by atoms with E-state index in [1.165, 1.54) is 18.4 Å². The van der Waals surface area contributed by atoms with Crippen LogP contribution in [0.5, 0.6) is 5.75 Å². The van der Waals surface area contributed by atoms with Gasteiger partial charge in [0, 0.05) is 6.04 Å². The van der Waals surface area contributed by atoms with Crippen LogP contribution in [0.1, 0.15) is 31.7 Å². The lowest BCUT2D eigenvalue weighted by molar-refractivity contribution is 0.230. The average Bonchev–Trinajstić information content (AvgIpc) is 2.37. The quantitative estimate of drug-likeness (QED) is 0.728. The molecule has 17 heavy (non-hydrogen) atoms. The summed E-state index contributed by atoms with van der Waals surface area (Å²) in [4.78, 5) is 0. The van der Waals surface area contributed by atoms with Crippen LogP contribution >= 0.6 is 0 Å². The fraction of sp³-hybridized carbons (Fsp3) is 0.571. The van der Waals surface area contributed by atoms with Crippen LogP contribution in [0.25, 0.3) is 0 Å². The van der Waals surface area contributed by atoms with E-state index in [0.717, 1.165) is 12.2 Å². The first-order valence-corrected chi connectivity index (χ1v) is 6.34. The second kappa shape index (κ2) is 8.09. The zero-order valence-electron chi connectivity index (χ0n) is 10.6. The number of aliphatic hydroxyl groups is 1. The molecule has 3 N–H and O–H groups in total. The lowest BCUT2D eigenvalue weighted by Gasteiger charge is -2.10. The van der Waals surface area contributed by atoms with Crippen LogP contribution in [0.3, 0.4) is 0 Å². The molecule has 0 aromatic heterocycles. The third-order valence-corrected chi connectivity index (χ3v) is 2.73. The number of nitrogens with two attached hydrogens (primary N) is 1. The number of unbranched alkanes of at least 4 members (excludes halogenated alkanes) is 1. The Hall–Kier alpha value is -1.06. The van der Waals surface area contributed by atoms with E-state index in [2.05, 4.69) is 19.1 Å². The first-order chi connectivity index (χ1) is 8.26. The minimum absolute atomic E-state index is 0.0132. The Balaban J connectivity index is 2.30. The van der Waals surface area contributed by atoms with Crippen molar-refractivity contribution in [1.29, 1.82) is 0 Å². The van der Waals surface area contributed by atoms with Crippen molar-refractivity contribution >= 4 is 0 Å². The molecule has 0 heterocycles. The summed E-state index contributed by atoms with van der Waals surface area (Å²) < 4.78 is 5.55. The van der Waals surface area contributed by atoms with Crippen LogP contribution in [-0.2, 0) is 6.42 Å². The summed E-state index contributed by atoms with van der Waals surface area (Å²) >= 11 is 0. The van der Waals surface area contributed by atoms with Crippen molar-refractivity contribution in [3.05, 3.63) is 29.8 Å². The highest BCUT2D eigenvalue weighted by molar-refractivity contribution is 5.27. The predicted molar refractivity (Wildman–Crippen MR) is 70.2 cm³/mol. The Kier molecular flexibility index (Phi) is 6.67. The van der Waals surface area contributed by atoms with E-state index in [0.29, 0.717) is 13.0 Å². The highest BCUT2D eigenvalue weighted by atomic mass is 16.5. The van der Waals surface area contributed by atoms with E-state index in [1.54, 1.807) is 0 Å². The zero-order valence-corrected chi connectivity index (χ0v) is 10.6. The summed E-state index contributed by atoms with van der Waals surface area (Å²) in [6, 6.07) is 8.03. The van der Waals surface area contributed by atoms with Gasteiger partial charge in [0.15, 0.2) is 0 Å². The van der Waals surface area contributed by atoms with Gasteiger partial charge in [-0.15, -0.1) is 0 Å². The van der Waals surface area contributed by atoms with E-state index in [4.69, 9.17) is 15.6 Å². The summed E-state index contributed by atoms with van der Waals surface area (Å²) in [7, 11) is 0. The number of aliphatic hydroxyl groups excluding tert-OH is 1. The SMILES string of the molecule is CCCCc1ccc(OCCC(N)CO)cc1. The van der Waals surface area contributed by atoms with Gasteiger partial charge in [-0.2, -0.15) is 0 Å². The number of hydrogen-bond donors (Lipinski definition) is 2. The number of benzene rings is 1. The van der Waals surface area contributed by atoms with Crippen molar-refractivity contribution < 1.29 is 9.84 Å². The molecule has 1 unspecified atom stereocenters. The van der Waals surface area contributed by atoms with E-state index in [-0.39, 0.29) is 12.6 Å². The van der Waals surface area contributed by atoms with Crippen molar-refractivity contribution in [3.63, 3.8) is 0 Å². The minimum atomic E-state index is -0.182. The van der Waals surface area contributed by atoms with Crippen LogP contribution in [0.15, 0.2) is 24.3 Å². The smallest absolute Gasteiger partial charge is 0.119 e. The van der Waals surface area contributed by atoms with Gasteiger partial charge in [-0.05, 0) is 37.0 Å².